The summed E-state index contributed by atoms with van der Waals surface area (Å²) in [5, 5.41) is 11.6. The minimum atomic E-state index is -0.264. The van der Waals surface area contributed by atoms with Gasteiger partial charge in [-0.2, -0.15) is 0 Å². The van der Waals surface area contributed by atoms with Gasteiger partial charge in [0.05, 0.1) is 0 Å². The van der Waals surface area contributed by atoms with Gasteiger partial charge in [-0.3, -0.25) is 9.59 Å². The van der Waals surface area contributed by atoms with E-state index < -0.39 is 0 Å². The monoisotopic (exact) mass is 286 g/mol. The van der Waals surface area contributed by atoms with Crippen molar-refractivity contribution in [1.29, 1.82) is 0 Å². The Labute approximate surface area is 123 Å². The van der Waals surface area contributed by atoms with E-state index in [0.29, 0.717) is 23.4 Å². The number of nitrogens with zero attached hydrogens (tertiary/aromatic N) is 1. The third-order valence-electron chi connectivity index (χ3n) is 3.26. The second-order valence-corrected chi connectivity index (χ2v) is 4.91. The molecule has 21 heavy (non-hydrogen) atoms. The quantitative estimate of drug-likeness (QED) is 0.826. The van der Waals surface area contributed by atoms with Crippen molar-refractivity contribution in [3.63, 3.8) is 0 Å². The molecule has 5 heteroatoms. The smallest absolute Gasteiger partial charge is 0.272 e. The van der Waals surface area contributed by atoms with E-state index in [2.05, 4.69) is 5.32 Å². The summed E-state index contributed by atoms with van der Waals surface area (Å²) >= 11 is 0. The van der Waals surface area contributed by atoms with Gasteiger partial charge in [-0.05, 0) is 37.1 Å². The molecule has 0 aliphatic heterocycles. The molecule has 5 nitrogen and oxygen atoms in total. The third kappa shape index (κ3) is 3.58. The number of aromatic nitrogens is 1. The number of ketones is 1. The van der Waals surface area contributed by atoms with E-state index in [1.165, 1.54) is 6.92 Å². The Balaban J connectivity index is 2.12. The Morgan fingerprint density at radius 2 is 1.90 bits per heavy atom. The first-order valence-corrected chi connectivity index (χ1v) is 6.69. The van der Waals surface area contributed by atoms with Crippen LogP contribution in [0.3, 0.4) is 0 Å². The summed E-state index contributed by atoms with van der Waals surface area (Å²) in [6, 6.07) is 8.88. The molecule has 1 aromatic heterocycles. The maximum Gasteiger partial charge on any atom is 0.272 e. The number of benzene rings is 1. The van der Waals surface area contributed by atoms with Crippen molar-refractivity contribution in [1.82, 2.24) is 4.57 Å². The first kappa shape index (κ1) is 15.0. The molecule has 0 aliphatic carbocycles. The summed E-state index contributed by atoms with van der Waals surface area (Å²) in [7, 11) is 1.73. The molecule has 110 valence electrons. The summed E-state index contributed by atoms with van der Waals surface area (Å²) in [6.45, 7) is 1.57. The van der Waals surface area contributed by atoms with E-state index in [1.54, 1.807) is 36.0 Å². The molecule has 1 heterocycles. The van der Waals surface area contributed by atoms with E-state index in [4.69, 9.17) is 5.11 Å². The summed E-state index contributed by atoms with van der Waals surface area (Å²) < 4.78 is 1.63. The van der Waals surface area contributed by atoms with Gasteiger partial charge in [0.2, 0.25) is 0 Å². The van der Waals surface area contributed by atoms with Crippen molar-refractivity contribution in [2.45, 2.75) is 13.3 Å². The van der Waals surface area contributed by atoms with Crippen molar-refractivity contribution in [2.24, 2.45) is 7.05 Å². The van der Waals surface area contributed by atoms with Crippen LogP contribution >= 0.6 is 0 Å². The van der Waals surface area contributed by atoms with Gasteiger partial charge in [0.15, 0.2) is 5.78 Å². The lowest BCUT2D eigenvalue weighted by Gasteiger charge is -2.07. The standard InChI is InChI=1S/C16H18N2O3/c1-11(20)13-9-15(18(2)10-13)16(21)17-14-5-3-12(4-6-14)7-8-19/h3-6,9-10,19H,7-8H2,1-2H3,(H,17,21). The predicted octanol–water partition coefficient (Wildman–Crippen LogP) is 2.01. The van der Waals surface area contributed by atoms with E-state index in [9.17, 15) is 9.59 Å². The normalized spacial score (nSPS) is 10.4. The number of hydrogen-bond donors (Lipinski definition) is 2. The highest BCUT2D eigenvalue weighted by atomic mass is 16.3. The molecule has 0 fully saturated rings. The number of amides is 1. The maximum atomic E-state index is 12.2. The predicted molar refractivity (Wildman–Crippen MR) is 80.6 cm³/mol. The fourth-order valence-electron chi connectivity index (χ4n) is 2.06. The summed E-state index contributed by atoms with van der Waals surface area (Å²) in [5.74, 6) is -0.335. The summed E-state index contributed by atoms with van der Waals surface area (Å²) in [4.78, 5) is 23.5. The SMILES string of the molecule is CC(=O)c1cc(C(=O)Nc2ccc(CCO)cc2)n(C)c1. The molecule has 2 N–H and O–H groups in total. The van der Waals surface area contributed by atoms with Crippen LogP contribution in [-0.4, -0.2) is 28.0 Å². The van der Waals surface area contributed by atoms with Crippen molar-refractivity contribution < 1.29 is 14.7 Å². The van der Waals surface area contributed by atoms with Crippen LogP contribution in [0.25, 0.3) is 0 Å². The first-order valence-electron chi connectivity index (χ1n) is 6.69. The topological polar surface area (TPSA) is 71.3 Å². The van der Waals surface area contributed by atoms with E-state index in [0.717, 1.165) is 5.56 Å². The van der Waals surface area contributed by atoms with Crippen LogP contribution in [0.1, 0.15) is 33.3 Å². The average Bonchev–Trinajstić information content (AvgIpc) is 2.84. The Bertz CT molecular complexity index is 657. The molecule has 0 bridgehead atoms. The van der Waals surface area contributed by atoms with Crippen molar-refractivity contribution >= 4 is 17.4 Å². The first-order chi connectivity index (χ1) is 10.0. The molecule has 0 spiro atoms. The molecule has 2 aromatic rings. The zero-order valence-electron chi connectivity index (χ0n) is 12.1. The Kier molecular flexibility index (Phi) is 4.55. The number of carbonyl (C=O) groups excluding carboxylic acids is 2. The van der Waals surface area contributed by atoms with Crippen LogP contribution < -0.4 is 5.32 Å². The average molecular weight is 286 g/mol. The van der Waals surface area contributed by atoms with Crippen molar-refractivity contribution in [3.8, 4) is 0 Å². The van der Waals surface area contributed by atoms with Gasteiger partial charge in [0, 0.05) is 31.1 Å². The van der Waals surface area contributed by atoms with Crippen molar-refractivity contribution in [3.05, 3.63) is 53.3 Å². The van der Waals surface area contributed by atoms with E-state index >= 15 is 0 Å². The molecule has 0 radical (unpaired) electrons. The van der Waals surface area contributed by atoms with Gasteiger partial charge >= 0.3 is 0 Å². The largest absolute Gasteiger partial charge is 0.396 e. The van der Waals surface area contributed by atoms with E-state index in [1.807, 2.05) is 12.1 Å². The van der Waals surface area contributed by atoms with Crippen LogP contribution in [0.15, 0.2) is 36.5 Å². The zero-order chi connectivity index (χ0) is 15.4. The third-order valence-corrected chi connectivity index (χ3v) is 3.26. The van der Waals surface area contributed by atoms with Gasteiger partial charge in [0.25, 0.3) is 5.91 Å². The minimum absolute atomic E-state index is 0.0713. The van der Waals surface area contributed by atoms with Crippen molar-refractivity contribution in [2.75, 3.05) is 11.9 Å². The lowest BCUT2D eigenvalue weighted by molar-refractivity contribution is 0.101. The fourth-order valence-corrected chi connectivity index (χ4v) is 2.06. The number of aliphatic hydroxyl groups is 1. The molecule has 0 aliphatic rings. The number of Topliss-reactive ketones (excluding diaryl/α,β-unsaturated/α-hetero) is 1. The molecule has 0 unspecified atom stereocenters. The van der Waals surface area contributed by atoms with Crippen LogP contribution in [0.2, 0.25) is 0 Å². The van der Waals surface area contributed by atoms with Crippen LogP contribution in [0, 0.1) is 0 Å². The van der Waals surface area contributed by atoms with Crippen LogP contribution in [0.5, 0.6) is 0 Å². The lowest BCUT2D eigenvalue weighted by atomic mass is 10.1. The van der Waals surface area contributed by atoms with Crippen LogP contribution in [0.4, 0.5) is 5.69 Å². The summed E-state index contributed by atoms with van der Waals surface area (Å²) in [5.41, 5.74) is 2.63. The molecule has 1 amide bonds. The second kappa shape index (κ2) is 6.37. The van der Waals surface area contributed by atoms with Gasteiger partial charge in [-0.25, -0.2) is 0 Å². The summed E-state index contributed by atoms with van der Waals surface area (Å²) in [6.07, 6.45) is 2.23. The highest BCUT2D eigenvalue weighted by Gasteiger charge is 2.13. The Morgan fingerprint density at radius 1 is 1.24 bits per heavy atom. The molecule has 2 rings (SSSR count). The molecule has 1 aromatic carbocycles. The van der Waals surface area contributed by atoms with Crippen LogP contribution in [-0.2, 0) is 13.5 Å². The molecule has 0 saturated heterocycles. The maximum absolute atomic E-state index is 12.2. The highest BCUT2D eigenvalue weighted by Crippen LogP contribution is 2.13. The molecular weight excluding hydrogens is 268 g/mol. The number of aliphatic hydroxyl groups excluding tert-OH is 1. The van der Waals surface area contributed by atoms with Gasteiger partial charge < -0.3 is 15.0 Å². The van der Waals surface area contributed by atoms with Gasteiger partial charge in [-0.15, -0.1) is 0 Å². The Hall–Kier alpha value is -2.40. The number of aryl methyl sites for hydroxylation is 1. The number of anilines is 1. The van der Waals surface area contributed by atoms with E-state index in [-0.39, 0.29) is 18.3 Å². The van der Waals surface area contributed by atoms with Gasteiger partial charge in [-0.1, -0.05) is 12.1 Å². The fraction of sp³-hybridized carbons (Fsp3) is 0.250. The van der Waals surface area contributed by atoms with Gasteiger partial charge in [0.1, 0.15) is 5.69 Å². The second-order valence-electron chi connectivity index (χ2n) is 4.91. The minimum Gasteiger partial charge on any atom is -0.396 e. The Morgan fingerprint density at radius 3 is 2.43 bits per heavy atom. The number of carbonyl (C=O) groups is 2. The number of hydrogen-bond acceptors (Lipinski definition) is 3. The number of rotatable bonds is 5. The highest BCUT2D eigenvalue weighted by molar-refractivity contribution is 6.05. The number of nitrogens with one attached hydrogen (secondary N) is 1. The molecular formula is C16H18N2O3. The lowest BCUT2D eigenvalue weighted by Crippen LogP contribution is -2.15. The zero-order valence-corrected chi connectivity index (χ0v) is 12.1. The molecule has 0 atom stereocenters. The molecule has 0 saturated carbocycles.